The largest absolute Gasteiger partial charge is 0.315 e. The van der Waals surface area contributed by atoms with Crippen molar-refractivity contribution in [3.8, 4) is 0 Å². The van der Waals surface area contributed by atoms with E-state index in [0.29, 0.717) is 5.92 Å². The van der Waals surface area contributed by atoms with Crippen molar-refractivity contribution in [3.05, 3.63) is 6.92 Å². The molecule has 0 bridgehead atoms. The van der Waals surface area contributed by atoms with Gasteiger partial charge in [-0.1, -0.05) is 6.92 Å². The van der Waals surface area contributed by atoms with Crippen LogP contribution < -0.4 is 5.32 Å². The zero-order valence-corrected chi connectivity index (χ0v) is 6.28. The monoisotopic (exact) mass is 114 g/mol. The van der Waals surface area contributed by atoms with Crippen LogP contribution >= 0.6 is 0 Å². The van der Waals surface area contributed by atoms with E-state index in [-0.39, 0.29) is 5.54 Å². The van der Waals surface area contributed by atoms with E-state index in [1.54, 1.807) is 0 Å². The summed E-state index contributed by atoms with van der Waals surface area (Å²) in [5.41, 5.74) is 0.181. The molecule has 0 spiro atoms. The average molecular weight is 114 g/mol. The fraction of sp³-hybridized carbons (Fsp3) is 0.857. The molecule has 0 aliphatic heterocycles. The molecule has 8 heavy (non-hydrogen) atoms. The standard InChI is InChI=1S/C7H16N/c1-6(2)7(3,4)8-5/h6,8H,1H2,2-5H3. The molecule has 1 atom stereocenters. The van der Waals surface area contributed by atoms with Crippen molar-refractivity contribution in [2.45, 2.75) is 26.3 Å². The third-order valence-corrected chi connectivity index (χ3v) is 1.88. The summed E-state index contributed by atoms with van der Waals surface area (Å²) in [4.78, 5) is 0. The lowest BCUT2D eigenvalue weighted by molar-refractivity contribution is 0.336. The first-order chi connectivity index (χ1) is 3.50. The van der Waals surface area contributed by atoms with Crippen molar-refractivity contribution in [1.82, 2.24) is 5.32 Å². The van der Waals surface area contributed by atoms with Crippen LogP contribution in [0.4, 0.5) is 0 Å². The minimum absolute atomic E-state index is 0.181. The predicted octanol–water partition coefficient (Wildman–Crippen LogP) is 1.45. The first-order valence-corrected chi connectivity index (χ1v) is 3.02. The lowest BCUT2D eigenvalue weighted by atomic mass is 9.91. The van der Waals surface area contributed by atoms with Gasteiger partial charge in [0.1, 0.15) is 0 Å². The number of hydrogen-bond donors (Lipinski definition) is 1. The second-order valence-corrected chi connectivity index (χ2v) is 2.87. The lowest BCUT2D eigenvalue weighted by Crippen LogP contribution is -2.41. The maximum Gasteiger partial charge on any atom is 0.0147 e. The van der Waals surface area contributed by atoms with Gasteiger partial charge in [0.05, 0.1) is 0 Å². The van der Waals surface area contributed by atoms with Gasteiger partial charge in [-0.05, 0) is 33.7 Å². The Bertz CT molecular complexity index is 64.8. The van der Waals surface area contributed by atoms with E-state index in [0.717, 1.165) is 0 Å². The van der Waals surface area contributed by atoms with Crippen molar-refractivity contribution < 1.29 is 0 Å². The summed E-state index contributed by atoms with van der Waals surface area (Å²) < 4.78 is 0. The Kier molecular flexibility index (Phi) is 2.48. The Balaban J connectivity index is 3.71. The first-order valence-electron chi connectivity index (χ1n) is 3.02. The SMILES string of the molecule is [CH2]C(C)C(C)(C)NC. The normalized spacial score (nSPS) is 12.8. The summed E-state index contributed by atoms with van der Waals surface area (Å²) in [7, 11) is 1.96. The van der Waals surface area contributed by atoms with E-state index in [1.165, 1.54) is 0 Å². The second-order valence-electron chi connectivity index (χ2n) is 2.87. The highest BCUT2D eigenvalue weighted by Crippen LogP contribution is 2.12. The molecule has 0 rings (SSSR count). The molecule has 1 heteroatoms. The molecule has 1 radical (unpaired) electrons. The van der Waals surface area contributed by atoms with Crippen LogP contribution in [-0.2, 0) is 0 Å². The summed E-state index contributed by atoms with van der Waals surface area (Å²) >= 11 is 0. The van der Waals surface area contributed by atoms with Crippen LogP contribution in [0.15, 0.2) is 0 Å². The van der Waals surface area contributed by atoms with E-state index in [4.69, 9.17) is 0 Å². The van der Waals surface area contributed by atoms with E-state index in [9.17, 15) is 0 Å². The maximum atomic E-state index is 3.92. The highest BCUT2D eigenvalue weighted by atomic mass is 14.9. The molecular weight excluding hydrogens is 98.1 g/mol. The van der Waals surface area contributed by atoms with Crippen molar-refractivity contribution in [1.29, 1.82) is 0 Å². The topological polar surface area (TPSA) is 12.0 Å². The second kappa shape index (κ2) is 2.49. The zero-order valence-electron chi connectivity index (χ0n) is 6.28. The average Bonchev–Trinajstić information content (AvgIpc) is 1.67. The van der Waals surface area contributed by atoms with Gasteiger partial charge in [0.2, 0.25) is 0 Å². The third-order valence-electron chi connectivity index (χ3n) is 1.88. The predicted molar refractivity (Wildman–Crippen MR) is 37.7 cm³/mol. The molecule has 0 saturated carbocycles. The molecule has 0 amide bonds. The van der Waals surface area contributed by atoms with Crippen LogP contribution in [0.25, 0.3) is 0 Å². The molecule has 0 aliphatic rings. The Hall–Kier alpha value is -0.0400. The van der Waals surface area contributed by atoms with Crippen molar-refractivity contribution in [3.63, 3.8) is 0 Å². The Morgan fingerprint density at radius 2 is 1.88 bits per heavy atom. The van der Waals surface area contributed by atoms with Gasteiger partial charge in [0.15, 0.2) is 0 Å². The quantitative estimate of drug-likeness (QED) is 0.573. The van der Waals surface area contributed by atoms with Gasteiger partial charge in [0.25, 0.3) is 0 Å². The molecule has 0 fully saturated rings. The molecule has 0 heterocycles. The molecule has 1 unspecified atom stereocenters. The zero-order chi connectivity index (χ0) is 6.78. The number of hydrogen-bond acceptors (Lipinski definition) is 1. The fourth-order valence-electron chi connectivity index (χ4n) is 0.246. The van der Waals surface area contributed by atoms with Gasteiger partial charge in [-0.2, -0.15) is 0 Å². The summed E-state index contributed by atoms with van der Waals surface area (Å²) in [5.74, 6) is 0.451. The van der Waals surface area contributed by atoms with Crippen molar-refractivity contribution in [2.75, 3.05) is 7.05 Å². The molecule has 0 aromatic carbocycles. The van der Waals surface area contributed by atoms with Gasteiger partial charge < -0.3 is 5.32 Å². The molecule has 1 nitrogen and oxygen atoms in total. The van der Waals surface area contributed by atoms with Gasteiger partial charge >= 0.3 is 0 Å². The van der Waals surface area contributed by atoms with Gasteiger partial charge in [-0.3, -0.25) is 0 Å². The minimum atomic E-state index is 0.181. The van der Waals surface area contributed by atoms with Crippen LogP contribution in [0.1, 0.15) is 20.8 Å². The van der Waals surface area contributed by atoms with Crippen LogP contribution in [0, 0.1) is 12.8 Å². The highest BCUT2D eigenvalue weighted by Gasteiger charge is 2.18. The smallest absolute Gasteiger partial charge is 0.0147 e. The van der Waals surface area contributed by atoms with Crippen LogP contribution in [0.2, 0.25) is 0 Å². The van der Waals surface area contributed by atoms with Crippen molar-refractivity contribution >= 4 is 0 Å². The van der Waals surface area contributed by atoms with Gasteiger partial charge in [0, 0.05) is 5.54 Å². The molecule has 1 N–H and O–H groups in total. The van der Waals surface area contributed by atoms with E-state index < -0.39 is 0 Å². The van der Waals surface area contributed by atoms with E-state index in [2.05, 4.69) is 33.0 Å². The number of rotatable bonds is 2. The van der Waals surface area contributed by atoms with Crippen LogP contribution in [-0.4, -0.2) is 12.6 Å². The highest BCUT2D eigenvalue weighted by molar-refractivity contribution is 4.82. The molecular formula is C7H16N. The Morgan fingerprint density at radius 1 is 1.50 bits per heavy atom. The first kappa shape index (κ1) is 7.96. The molecule has 0 aliphatic carbocycles. The summed E-state index contributed by atoms with van der Waals surface area (Å²) in [6.07, 6.45) is 0. The minimum Gasteiger partial charge on any atom is -0.315 e. The third kappa shape index (κ3) is 1.83. The number of nitrogens with one attached hydrogen (secondary N) is 1. The van der Waals surface area contributed by atoms with Crippen LogP contribution in [0.3, 0.4) is 0 Å². The lowest BCUT2D eigenvalue weighted by Gasteiger charge is -2.28. The molecule has 0 aromatic rings. The van der Waals surface area contributed by atoms with Crippen LogP contribution in [0.5, 0.6) is 0 Å². The van der Waals surface area contributed by atoms with Gasteiger partial charge in [-0.15, -0.1) is 0 Å². The van der Waals surface area contributed by atoms with Gasteiger partial charge in [-0.25, -0.2) is 0 Å². The van der Waals surface area contributed by atoms with E-state index >= 15 is 0 Å². The molecule has 0 aromatic heterocycles. The Labute approximate surface area is 52.5 Å². The fourth-order valence-corrected chi connectivity index (χ4v) is 0.246. The summed E-state index contributed by atoms with van der Waals surface area (Å²) in [5, 5.41) is 3.18. The maximum absolute atomic E-state index is 3.92. The molecule has 49 valence electrons. The van der Waals surface area contributed by atoms with Crippen molar-refractivity contribution in [2.24, 2.45) is 5.92 Å². The summed E-state index contributed by atoms with van der Waals surface area (Å²) in [6.45, 7) is 10.3. The van der Waals surface area contributed by atoms with E-state index in [1.807, 2.05) is 7.05 Å². The Morgan fingerprint density at radius 3 is 1.88 bits per heavy atom. The summed E-state index contributed by atoms with van der Waals surface area (Å²) in [6, 6.07) is 0. The molecule has 0 saturated heterocycles.